The van der Waals surface area contributed by atoms with Crippen molar-refractivity contribution >= 4 is 27.6 Å². The van der Waals surface area contributed by atoms with E-state index in [0.717, 1.165) is 16.7 Å². The molecule has 0 radical (unpaired) electrons. The molecule has 0 unspecified atom stereocenters. The van der Waals surface area contributed by atoms with Gasteiger partial charge in [-0.05, 0) is 48.4 Å². The van der Waals surface area contributed by atoms with Crippen LogP contribution in [0.15, 0.2) is 88.8 Å². The first-order chi connectivity index (χ1) is 16.8. The van der Waals surface area contributed by atoms with Gasteiger partial charge in [-0.15, -0.1) is 0 Å². The number of nitrogens with one attached hydrogen (secondary N) is 2. The molecule has 0 spiro atoms. The first-order valence-corrected chi connectivity index (χ1v) is 12.2. The molecule has 11 heteroatoms. The summed E-state index contributed by atoms with van der Waals surface area (Å²) >= 11 is 0. The summed E-state index contributed by atoms with van der Waals surface area (Å²) in [5, 5.41) is 6.95. The first kappa shape index (κ1) is 23.8. The third kappa shape index (κ3) is 5.95. The zero-order valence-electron chi connectivity index (χ0n) is 18.7. The van der Waals surface area contributed by atoms with E-state index in [1.54, 1.807) is 12.1 Å². The molecule has 2 heterocycles. The third-order valence-electron chi connectivity index (χ3n) is 5.06. The van der Waals surface area contributed by atoms with E-state index in [0.29, 0.717) is 11.4 Å². The van der Waals surface area contributed by atoms with Gasteiger partial charge in [0.2, 0.25) is 11.9 Å². The van der Waals surface area contributed by atoms with Gasteiger partial charge in [0, 0.05) is 29.7 Å². The molecule has 2 aromatic carbocycles. The monoisotopic (exact) mass is 490 g/mol. The molecule has 0 aliphatic rings. The lowest BCUT2D eigenvalue weighted by molar-refractivity contribution is -0.117. The largest absolute Gasteiger partial charge is 0.324 e. The minimum absolute atomic E-state index is 0.0253. The second-order valence-corrected chi connectivity index (χ2v) is 9.20. The van der Waals surface area contributed by atoms with Gasteiger partial charge in [0.05, 0.1) is 10.6 Å². The van der Waals surface area contributed by atoms with E-state index in [1.165, 1.54) is 48.3 Å². The summed E-state index contributed by atoms with van der Waals surface area (Å²) in [6.45, 7) is 1.77. The van der Waals surface area contributed by atoms with Crippen molar-refractivity contribution < 1.29 is 13.2 Å². The van der Waals surface area contributed by atoms with Crippen molar-refractivity contribution in [1.29, 1.82) is 0 Å². The second-order valence-electron chi connectivity index (χ2n) is 7.52. The van der Waals surface area contributed by atoms with Crippen LogP contribution in [0.2, 0.25) is 0 Å². The Morgan fingerprint density at radius 1 is 0.943 bits per heavy atom. The standard InChI is InChI=1S/C24H22N6O4S/c1-2-17-4-6-18(7-5-17)21-12-13-23(32)30(28-21)16-22(31)27-19-8-10-20(11-9-19)35(33,34)29-24-25-14-3-15-26-24/h3-15H,2,16H2,1H3,(H,27,31)(H,25,26,29). The average molecular weight is 491 g/mol. The Morgan fingerprint density at radius 3 is 2.29 bits per heavy atom. The molecule has 0 fully saturated rings. The molecule has 0 aliphatic heterocycles. The molecule has 1 amide bonds. The smallest absolute Gasteiger partial charge is 0.267 e. The Bertz CT molecular complexity index is 1490. The van der Waals surface area contributed by atoms with E-state index < -0.39 is 21.5 Å². The Balaban J connectivity index is 1.43. The van der Waals surface area contributed by atoms with E-state index in [9.17, 15) is 18.0 Å². The van der Waals surface area contributed by atoms with Crippen LogP contribution in [-0.4, -0.2) is 34.1 Å². The van der Waals surface area contributed by atoms with Gasteiger partial charge in [0.25, 0.3) is 15.6 Å². The lowest BCUT2D eigenvalue weighted by atomic mass is 10.1. The van der Waals surface area contributed by atoms with Gasteiger partial charge in [-0.25, -0.2) is 27.8 Å². The number of benzene rings is 2. The number of hydrogen-bond acceptors (Lipinski definition) is 7. The van der Waals surface area contributed by atoms with Crippen LogP contribution in [0, 0.1) is 0 Å². The third-order valence-corrected chi connectivity index (χ3v) is 6.40. The van der Waals surface area contributed by atoms with Crippen LogP contribution >= 0.6 is 0 Å². The SMILES string of the molecule is CCc1ccc(-c2ccc(=O)n(CC(=O)Nc3ccc(S(=O)(=O)Nc4ncccn4)cc3)n2)cc1. The fraction of sp³-hybridized carbons (Fsp3) is 0.125. The maximum atomic E-state index is 12.5. The highest BCUT2D eigenvalue weighted by atomic mass is 32.2. The highest BCUT2D eigenvalue weighted by Crippen LogP contribution is 2.18. The van der Waals surface area contributed by atoms with Gasteiger partial charge in [-0.2, -0.15) is 5.10 Å². The van der Waals surface area contributed by atoms with Crippen LogP contribution in [0.1, 0.15) is 12.5 Å². The van der Waals surface area contributed by atoms with Crippen LogP contribution in [-0.2, 0) is 27.8 Å². The minimum Gasteiger partial charge on any atom is -0.324 e. The lowest BCUT2D eigenvalue weighted by Gasteiger charge is -2.10. The molecule has 35 heavy (non-hydrogen) atoms. The number of nitrogens with zero attached hydrogens (tertiary/aromatic N) is 4. The molecule has 0 saturated carbocycles. The molecule has 2 N–H and O–H groups in total. The van der Waals surface area contributed by atoms with E-state index >= 15 is 0 Å². The van der Waals surface area contributed by atoms with Crippen molar-refractivity contribution in [2.75, 3.05) is 10.0 Å². The predicted octanol–water partition coefficient (Wildman–Crippen LogP) is 2.70. The summed E-state index contributed by atoms with van der Waals surface area (Å²) in [6.07, 6.45) is 3.75. The van der Waals surface area contributed by atoms with Gasteiger partial charge in [-0.3, -0.25) is 9.59 Å². The van der Waals surface area contributed by atoms with Crippen molar-refractivity contribution in [3.8, 4) is 11.3 Å². The molecular weight excluding hydrogens is 468 g/mol. The maximum Gasteiger partial charge on any atom is 0.267 e. The first-order valence-electron chi connectivity index (χ1n) is 10.7. The van der Waals surface area contributed by atoms with Gasteiger partial charge in [0.15, 0.2) is 0 Å². The number of carbonyl (C=O) groups is 1. The van der Waals surface area contributed by atoms with Crippen molar-refractivity contribution in [2.24, 2.45) is 0 Å². The highest BCUT2D eigenvalue weighted by Gasteiger charge is 2.16. The van der Waals surface area contributed by atoms with E-state index in [1.807, 2.05) is 24.3 Å². The molecule has 4 rings (SSSR count). The summed E-state index contributed by atoms with van der Waals surface area (Å²) in [7, 11) is -3.89. The van der Waals surface area contributed by atoms with Crippen molar-refractivity contribution in [3.63, 3.8) is 0 Å². The maximum absolute atomic E-state index is 12.5. The number of rotatable bonds is 8. The molecule has 178 valence electrons. The number of amides is 1. The number of hydrogen-bond donors (Lipinski definition) is 2. The van der Waals surface area contributed by atoms with Crippen LogP contribution in [0.25, 0.3) is 11.3 Å². The molecule has 0 aliphatic carbocycles. The fourth-order valence-electron chi connectivity index (χ4n) is 3.21. The molecule has 0 atom stereocenters. The Morgan fingerprint density at radius 2 is 1.63 bits per heavy atom. The quantitative estimate of drug-likeness (QED) is 0.388. The summed E-state index contributed by atoms with van der Waals surface area (Å²) < 4.78 is 28.3. The lowest BCUT2D eigenvalue weighted by Crippen LogP contribution is -2.29. The minimum atomic E-state index is -3.89. The van der Waals surface area contributed by atoms with Gasteiger partial charge in [-0.1, -0.05) is 31.2 Å². The Kier molecular flexibility index (Phi) is 6.97. The average Bonchev–Trinajstić information content (AvgIpc) is 2.86. The topological polar surface area (TPSA) is 136 Å². The van der Waals surface area contributed by atoms with Crippen LogP contribution in [0.4, 0.5) is 11.6 Å². The number of aromatic nitrogens is 4. The van der Waals surface area contributed by atoms with E-state index in [-0.39, 0.29) is 17.4 Å². The number of anilines is 2. The molecular formula is C24H22N6O4S. The summed E-state index contributed by atoms with van der Waals surface area (Å²) in [5.74, 6) is -0.532. The zero-order chi connectivity index (χ0) is 24.8. The van der Waals surface area contributed by atoms with Crippen LogP contribution in [0.3, 0.4) is 0 Å². The Hall–Kier alpha value is -4.38. The van der Waals surface area contributed by atoms with Crippen LogP contribution < -0.4 is 15.6 Å². The predicted molar refractivity (Wildman–Crippen MR) is 131 cm³/mol. The van der Waals surface area contributed by atoms with Crippen LogP contribution in [0.5, 0.6) is 0 Å². The van der Waals surface area contributed by atoms with Gasteiger partial charge >= 0.3 is 0 Å². The summed E-state index contributed by atoms with van der Waals surface area (Å²) in [5.41, 5.74) is 2.55. The zero-order valence-corrected chi connectivity index (χ0v) is 19.6. The number of carbonyl (C=O) groups excluding carboxylic acids is 1. The van der Waals surface area contributed by atoms with E-state index in [2.05, 4.69) is 32.0 Å². The Labute approximate surface area is 201 Å². The van der Waals surface area contributed by atoms with Crippen molar-refractivity contribution in [3.05, 3.63) is 95.0 Å². The number of aryl methyl sites for hydroxylation is 1. The summed E-state index contributed by atoms with van der Waals surface area (Å²) in [4.78, 5) is 32.4. The molecule has 4 aromatic rings. The van der Waals surface area contributed by atoms with Crippen molar-refractivity contribution in [2.45, 2.75) is 24.8 Å². The van der Waals surface area contributed by atoms with E-state index in [4.69, 9.17) is 0 Å². The molecule has 10 nitrogen and oxygen atoms in total. The van der Waals surface area contributed by atoms with Crippen molar-refractivity contribution in [1.82, 2.24) is 19.7 Å². The molecule has 0 bridgehead atoms. The number of sulfonamides is 1. The second kappa shape index (κ2) is 10.3. The highest BCUT2D eigenvalue weighted by molar-refractivity contribution is 7.92. The van der Waals surface area contributed by atoms with Gasteiger partial charge < -0.3 is 5.32 Å². The molecule has 0 saturated heterocycles. The normalized spacial score (nSPS) is 11.1. The fourth-order valence-corrected chi connectivity index (χ4v) is 4.17. The summed E-state index contributed by atoms with van der Waals surface area (Å²) in [6, 6.07) is 17.9. The molecule has 2 aromatic heterocycles. The van der Waals surface area contributed by atoms with Gasteiger partial charge in [0.1, 0.15) is 6.54 Å².